The van der Waals surface area contributed by atoms with Gasteiger partial charge in [0, 0.05) is 12.2 Å². The van der Waals surface area contributed by atoms with Crippen molar-refractivity contribution in [1.82, 2.24) is 5.06 Å². The molecule has 1 aliphatic rings. The molecule has 2 rings (SSSR count). The molecule has 4 heteroatoms. The van der Waals surface area contributed by atoms with E-state index in [0.717, 1.165) is 17.7 Å². The van der Waals surface area contributed by atoms with Gasteiger partial charge in [-0.3, -0.25) is 0 Å². The highest BCUT2D eigenvalue weighted by molar-refractivity contribution is 5.75. The second-order valence-electron chi connectivity index (χ2n) is 6.12. The lowest BCUT2D eigenvalue weighted by atomic mass is 9.97. The third kappa shape index (κ3) is 3.61. The van der Waals surface area contributed by atoms with Crippen LogP contribution in [0.2, 0.25) is 0 Å². The summed E-state index contributed by atoms with van der Waals surface area (Å²) in [5.74, 6) is -0.196. The molecular formula is C16H22N2O2. The van der Waals surface area contributed by atoms with E-state index in [1.54, 1.807) is 5.06 Å². The third-order valence-corrected chi connectivity index (χ3v) is 3.25. The lowest BCUT2D eigenvalue weighted by molar-refractivity contribution is -0.198. The van der Waals surface area contributed by atoms with Crippen LogP contribution in [0.5, 0.6) is 0 Å². The van der Waals surface area contributed by atoms with Gasteiger partial charge in [-0.05, 0) is 50.5 Å². The van der Waals surface area contributed by atoms with Gasteiger partial charge in [0.25, 0.3) is 0 Å². The van der Waals surface area contributed by atoms with Crippen LogP contribution in [-0.4, -0.2) is 24.1 Å². The van der Waals surface area contributed by atoms with Gasteiger partial charge in [0.1, 0.15) is 0 Å². The number of carbonyl (C=O) groups excluding carboxylic acids is 1. The first kappa shape index (κ1) is 14.6. The van der Waals surface area contributed by atoms with E-state index in [1.807, 2.05) is 39.0 Å². The van der Waals surface area contributed by atoms with Crippen molar-refractivity contribution in [3.8, 4) is 0 Å². The molecule has 0 amide bonds. The molecule has 1 heterocycles. The Kier molecular flexibility index (Phi) is 4.14. The van der Waals surface area contributed by atoms with Crippen LogP contribution in [0, 0.1) is 5.41 Å². The zero-order chi connectivity index (χ0) is 14.8. The normalized spacial score (nSPS) is 16.6. The molecule has 1 aromatic carbocycles. The van der Waals surface area contributed by atoms with E-state index in [2.05, 4.69) is 12.1 Å². The molecule has 0 spiro atoms. The Labute approximate surface area is 120 Å². The van der Waals surface area contributed by atoms with Crippen molar-refractivity contribution in [1.29, 1.82) is 0 Å². The van der Waals surface area contributed by atoms with Crippen LogP contribution in [0.15, 0.2) is 30.3 Å². The molecule has 0 fully saturated rings. The summed E-state index contributed by atoms with van der Waals surface area (Å²) in [6.07, 6.45) is 2.94. The minimum absolute atomic E-state index is 0.196. The van der Waals surface area contributed by atoms with Gasteiger partial charge in [0.15, 0.2) is 0 Å². The highest BCUT2D eigenvalue weighted by Gasteiger charge is 2.26. The lowest BCUT2D eigenvalue weighted by Crippen LogP contribution is -2.35. The highest BCUT2D eigenvalue weighted by Crippen LogP contribution is 2.25. The average molecular weight is 274 g/mol. The number of rotatable bonds is 2. The zero-order valence-corrected chi connectivity index (χ0v) is 12.3. The van der Waals surface area contributed by atoms with Gasteiger partial charge in [-0.2, -0.15) is 0 Å². The van der Waals surface area contributed by atoms with Crippen LogP contribution in [-0.2, 0) is 9.63 Å². The van der Waals surface area contributed by atoms with Crippen LogP contribution >= 0.6 is 0 Å². The number of anilines is 1. The molecule has 0 aromatic heterocycles. The molecule has 0 saturated carbocycles. The molecular weight excluding hydrogens is 252 g/mol. The molecule has 2 N–H and O–H groups in total. The van der Waals surface area contributed by atoms with Gasteiger partial charge >= 0.3 is 5.97 Å². The monoisotopic (exact) mass is 274 g/mol. The number of nitrogens with zero attached hydrogens (tertiary/aromatic N) is 1. The van der Waals surface area contributed by atoms with E-state index < -0.39 is 5.41 Å². The molecule has 0 bridgehead atoms. The third-order valence-electron chi connectivity index (χ3n) is 3.25. The summed E-state index contributed by atoms with van der Waals surface area (Å²) in [5, 5.41) is 1.71. The van der Waals surface area contributed by atoms with Crippen molar-refractivity contribution in [3.63, 3.8) is 0 Å². The summed E-state index contributed by atoms with van der Waals surface area (Å²) in [6.45, 7) is 6.89. The first-order chi connectivity index (χ1) is 9.36. The molecule has 108 valence electrons. The number of nitrogen functional groups attached to an aromatic ring is 1. The standard InChI is InChI=1S/C16H22N2O2/c1-16(2,3)15(19)20-18-9-7-12(8-10-18)13-5-4-6-14(17)11-13/h4-7,11H,8-10,17H2,1-3H3. The van der Waals surface area contributed by atoms with Crippen molar-refractivity contribution in [2.75, 3.05) is 18.8 Å². The van der Waals surface area contributed by atoms with Gasteiger partial charge < -0.3 is 10.6 Å². The number of carbonyl (C=O) groups is 1. The van der Waals surface area contributed by atoms with Gasteiger partial charge in [-0.15, -0.1) is 5.06 Å². The molecule has 0 radical (unpaired) electrons. The summed E-state index contributed by atoms with van der Waals surface area (Å²) in [7, 11) is 0. The quantitative estimate of drug-likeness (QED) is 0.843. The number of hydrogen-bond donors (Lipinski definition) is 1. The van der Waals surface area contributed by atoms with Crippen molar-refractivity contribution >= 4 is 17.2 Å². The highest BCUT2D eigenvalue weighted by atomic mass is 16.7. The van der Waals surface area contributed by atoms with Gasteiger partial charge in [-0.1, -0.05) is 18.2 Å². The van der Waals surface area contributed by atoms with Crippen molar-refractivity contribution in [3.05, 3.63) is 35.9 Å². The van der Waals surface area contributed by atoms with Gasteiger partial charge in [-0.25, -0.2) is 4.79 Å². The smallest absolute Gasteiger partial charge is 0.330 e. The Morgan fingerprint density at radius 3 is 2.65 bits per heavy atom. The molecule has 4 nitrogen and oxygen atoms in total. The Balaban J connectivity index is 1.99. The predicted molar refractivity (Wildman–Crippen MR) is 80.6 cm³/mol. The molecule has 1 aromatic rings. The molecule has 20 heavy (non-hydrogen) atoms. The minimum Gasteiger partial charge on any atom is -0.399 e. The van der Waals surface area contributed by atoms with Crippen LogP contribution in [0.3, 0.4) is 0 Å². The van der Waals surface area contributed by atoms with Crippen molar-refractivity contribution in [2.24, 2.45) is 5.41 Å². The van der Waals surface area contributed by atoms with Crippen molar-refractivity contribution < 1.29 is 9.63 Å². The van der Waals surface area contributed by atoms with Crippen LogP contribution < -0.4 is 5.73 Å². The maximum atomic E-state index is 11.8. The molecule has 0 atom stereocenters. The SMILES string of the molecule is CC(C)(C)C(=O)ON1CC=C(c2cccc(N)c2)CC1. The topological polar surface area (TPSA) is 55.6 Å². The largest absolute Gasteiger partial charge is 0.399 e. The first-order valence-electron chi connectivity index (χ1n) is 6.88. The average Bonchev–Trinajstić information content (AvgIpc) is 2.38. The maximum Gasteiger partial charge on any atom is 0.330 e. The fourth-order valence-corrected chi connectivity index (χ4v) is 1.99. The Morgan fingerprint density at radius 2 is 2.10 bits per heavy atom. The zero-order valence-electron chi connectivity index (χ0n) is 12.3. The van der Waals surface area contributed by atoms with E-state index in [9.17, 15) is 4.79 Å². The van der Waals surface area contributed by atoms with Crippen molar-refractivity contribution in [2.45, 2.75) is 27.2 Å². The minimum atomic E-state index is -0.474. The van der Waals surface area contributed by atoms with Gasteiger partial charge in [0.05, 0.1) is 12.0 Å². The fourth-order valence-electron chi connectivity index (χ4n) is 1.99. The number of hydroxylamine groups is 2. The fraction of sp³-hybridized carbons (Fsp3) is 0.438. The number of hydrogen-bond acceptors (Lipinski definition) is 4. The Bertz CT molecular complexity index is 530. The molecule has 0 saturated heterocycles. The van der Waals surface area contributed by atoms with E-state index in [-0.39, 0.29) is 5.97 Å². The van der Waals surface area contributed by atoms with Crippen LogP contribution in [0.25, 0.3) is 5.57 Å². The van der Waals surface area contributed by atoms with E-state index in [1.165, 1.54) is 5.57 Å². The molecule has 1 aliphatic heterocycles. The number of nitrogens with two attached hydrogens (primary N) is 1. The Morgan fingerprint density at radius 1 is 1.35 bits per heavy atom. The summed E-state index contributed by atoms with van der Waals surface area (Å²) >= 11 is 0. The first-order valence-corrected chi connectivity index (χ1v) is 6.88. The van der Waals surface area contributed by atoms with E-state index in [0.29, 0.717) is 13.1 Å². The summed E-state index contributed by atoms with van der Waals surface area (Å²) in [6, 6.07) is 7.86. The summed E-state index contributed by atoms with van der Waals surface area (Å²) in [4.78, 5) is 17.2. The van der Waals surface area contributed by atoms with Gasteiger partial charge in [0.2, 0.25) is 0 Å². The predicted octanol–water partition coefficient (Wildman–Crippen LogP) is 2.86. The van der Waals surface area contributed by atoms with E-state index >= 15 is 0 Å². The molecule has 0 aliphatic carbocycles. The Hall–Kier alpha value is -1.81. The second-order valence-corrected chi connectivity index (χ2v) is 6.12. The molecule has 0 unspecified atom stereocenters. The summed E-state index contributed by atoms with van der Waals surface area (Å²) < 4.78 is 0. The second kappa shape index (κ2) is 5.67. The van der Waals surface area contributed by atoms with Crippen LogP contribution in [0.1, 0.15) is 32.8 Å². The van der Waals surface area contributed by atoms with E-state index in [4.69, 9.17) is 10.6 Å². The maximum absolute atomic E-state index is 11.8. The lowest BCUT2D eigenvalue weighted by Gasteiger charge is -2.28. The summed E-state index contributed by atoms with van der Waals surface area (Å²) in [5.41, 5.74) is 8.49. The number of benzene rings is 1. The van der Waals surface area contributed by atoms with Crippen LogP contribution in [0.4, 0.5) is 5.69 Å².